The van der Waals surface area contributed by atoms with Gasteiger partial charge in [-0.15, -0.1) is 0 Å². The first-order valence-electron chi connectivity index (χ1n) is 5.14. The van der Waals surface area contributed by atoms with Crippen LogP contribution in [0.4, 0.5) is 0 Å². The summed E-state index contributed by atoms with van der Waals surface area (Å²) in [6, 6.07) is 3.14. The molecule has 0 aromatic heterocycles. The summed E-state index contributed by atoms with van der Waals surface area (Å²) in [4.78, 5) is 0. The minimum absolute atomic E-state index is 0.165. The summed E-state index contributed by atoms with van der Waals surface area (Å²) >= 11 is 0. The van der Waals surface area contributed by atoms with Gasteiger partial charge >= 0.3 is 0 Å². The molecule has 2 unspecified atom stereocenters. The third kappa shape index (κ3) is 6.88. The molecule has 2 atom stereocenters. The van der Waals surface area contributed by atoms with E-state index in [9.17, 15) is 0 Å². The normalized spacial score (nSPS) is 14.2. The number of azo groups is 1. The van der Waals surface area contributed by atoms with Crippen LogP contribution in [0, 0.1) is 22.7 Å². The zero-order valence-corrected chi connectivity index (χ0v) is 9.08. The van der Waals surface area contributed by atoms with Gasteiger partial charge in [0.05, 0.1) is 37.4 Å². The highest BCUT2D eigenvalue weighted by Gasteiger charge is 2.08. The van der Waals surface area contributed by atoms with Crippen molar-refractivity contribution >= 4 is 0 Å². The highest BCUT2D eigenvalue weighted by molar-refractivity contribution is 4.77. The van der Waals surface area contributed by atoms with Crippen LogP contribution in [0.25, 0.3) is 0 Å². The Morgan fingerprint density at radius 1 is 0.875 bits per heavy atom. The molecule has 6 nitrogen and oxygen atoms in total. The first-order chi connectivity index (χ1) is 7.78. The van der Waals surface area contributed by atoms with Gasteiger partial charge in [-0.3, -0.25) is 0 Å². The SMILES string of the molecule is N#CCCC(CO)N=NC(CO)CCC#N. The molecule has 0 rings (SSSR count). The van der Waals surface area contributed by atoms with Crippen LogP contribution in [-0.4, -0.2) is 35.5 Å². The number of nitriles is 2. The van der Waals surface area contributed by atoms with Crippen molar-refractivity contribution in [3.05, 3.63) is 0 Å². The van der Waals surface area contributed by atoms with E-state index >= 15 is 0 Å². The maximum Gasteiger partial charge on any atom is 0.0948 e. The Kier molecular flexibility index (Phi) is 9.09. The van der Waals surface area contributed by atoms with Crippen LogP contribution < -0.4 is 0 Å². The van der Waals surface area contributed by atoms with Gasteiger partial charge < -0.3 is 10.2 Å². The van der Waals surface area contributed by atoms with Crippen LogP contribution in [0.15, 0.2) is 10.2 Å². The third-order valence-electron chi connectivity index (χ3n) is 1.99. The van der Waals surface area contributed by atoms with E-state index in [4.69, 9.17) is 20.7 Å². The van der Waals surface area contributed by atoms with Crippen LogP contribution in [0.3, 0.4) is 0 Å². The Morgan fingerprint density at radius 2 is 1.25 bits per heavy atom. The molecule has 88 valence electrons. The van der Waals surface area contributed by atoms with E-state index in [1.54, 1.807) is 0 Å². The second kappa shape index (κ2) is 10.0. The summed E-state index contributed by atoms with van der Waals surface area (Å²) in [5, 5.41) is 42.3. The quantitative estimate of drug-likeness (QED) is 0.592. The lowest BCUT2D eigenvalue weighted by molar-refractivity contribution is 0.240. The van der Waals surface area contributed by atoms with Gasteiger partial charge in [0.2, 0.25) is 0 Å². The molecule has 16 heavy (non-hydrogen) atoms. The molecule has 0 saturated heterocycles. The van der Waals surface area contributed by atoms with Gasteiger partial charge in [-0.25, -0.2) is 0 Å². The first kappa shape index (κ1) is 14.5. The minimum atomic E-state index is -0.393. The molecule has 0 aromatic carbocycles. The average Bonchev–Trinajstić information content (AvgIpc) is 2.33. The zero-order chi connectivity index (χ0) is 12.2. The Labute approximate surface area is 94.8 Å². The molecule has 6 heteroatoms. The van der Waals surface area contributed by atoms with Crippen molar-refractivity contribution in [1.29, 1.82) is 10.5 Å². The van der Waals surface area contributed by atoms with Crippen molar-refractivity contribution < 1.29 is 10.2 Å². The van der Waals surface area contributed by atoms with Crippen molar-refractivity contribution in [3.63, 3.8) is 0 Å². The summed E-state index contributed by atoms with van der Waals surface area (Å²) < 4.78 is 0. The van der Waals surface area contributed by atoms with Crippen LogP contribution in [-0.2, 0) is 0 Å². The fourth-order valence-electron chi connectivity index (χ4n) is 1.02. The lowest BCUT2D eigenvalue weighted by Crippen LogP contribution is -2.13. The fraction of sp³-hybridized carbons (Fsp3) is 0.800. The van der Waals surface area contributed by atoms with E-state index in [1.807, 2.05) is 12.1 Å². The van der Waals surface area contributed by atoms with Crippen LogP contribution in [0.5, 0.6) is 0 Å². The number of aliphatic hydroxyl groups is 2. The molecule has 0 heterocycles. The van der Waals surface area contributed by atoms with Gasteiger partial charge in [0.15, 0.2) is 0 Å². The summed E-state index contributed by atoms with van der Waals surface area (Å²) in [5.74, 6) is 0. The van der Waals surface area contributed by atoms with Crippen molar-refractivity contribution in [1.82, 2.24) is 0 Å². The summed E-state index contributed by atoms with van der Waals surface area (Å²) in [6.45, 7) is -0.330. The molecule has 0 aliphatic rings. The zero-order valence-electron chi connectivity index (χ0n) is 9.08. The van der Waals surface area contributed by atoms with Gasteiger partial charge in [-0.05, 0) is 12.8 Å². The Morgan fingerprint density at radius 3 is 1.50 bits per heavy atom. The molecule has 0 amide bonds. The van der Waals surface area contributed by atoms with Crippen molar-refractivity contribution in [3.8, 4) is 12.1 Å². The first-order valence-corrected chi connectivity index (χ1v) is 5.14. The molecule has 0 aliphatic heterocycles. The predicted octanol–water partition coefficient (Wildman–Crippen LogP) is 0.768. The van der Waals surface area contributed by atoms with Crippen LogP contribution >= 0.6 is 0 Å². The number of aliphatic hydroxyl groups excluding tert-OH is 2. The molecular weight excluding hydrogens is 208 g/mol. The Hall–Kier alpha value is -1.50. The van der Waals surface area contributed by atoms with Gasteiger partial charge in [-0.2, -0.15) is 20.8 Å². The monoisotopic (exact) mass is 224 g/mol. The standard InChI is InChI=1S/C10H16N4O2/c11-5-1-3-9(7-15)13-14-10(8-16)4-2-6-12/h9-10,15-16H,1-4,7-8H2. The number of hydrogen-bond acceptors (Lipinski definition) is 6. The van der Waals surface area contributed by atoms with Crippen molar-refractivity contribution in [2.45, 2.75) is 37.8 Å². The Balaban J connectivity index is 4.08. The van der Waals surface area contributed by atoms with Gasteiger partial charge in [0.25, 0.3) is 0 Å². The van der Waals surface area contributed by atoms with Crippen molar-refractivity contribution in [2.24, 2.45) is 10.2 Å². The number of rotatable bonds is 8. The molecule has 0 aliphatic carbocycles. The predicted molar refractivity (Wildman–Crippen MR) is 56.3 cm³/mol. The van der Waals surface area contributed by atoms with Gasteiger partial charge in [-0.1, -0.05) is 0 Å². The number of hydrogen-bond donors (Lipinski definition) is 2. The van der Waals surface area contributed by atoms with E-state index in [0.29, 0.717) is 25.7 Å². The molecular formula is C10H16N4O2. The maximum absolute atomic E-state index is 8.94. The lowest BCUT2D eigenvalue weighted by atomic mass is 10.2. The summed E-state index contributed by atoms with van der Waals surface area (Å²) in [7, 11) is 0. The molecule has 0 radical (unpaired) electrons. The molecule has 0 aromatic rings. The van der Waals surface area contributed by atoms with Crippen molar-refractivity contribution in [2.75, 3.05) is 13.2 Å². The maximum atomic E-state index is 8.94. The smallest absolute Gasteiger partial charge is 0.0948 e. The topological polar surface area (TPSA) is 113 Å². The van der Waals surface area contributed by atoms with E-state index < -0.39 is 12.1 Å². The van der Waals surface area contributed by atoms with E-state index in [1.165, 1.54) is 0 Å². The van der Waals surface area contributed by atoms with E-state index in [0.717, 1.165) is 0 Å². The molecule has 0 saturated carbocycles. The molecule has 0 spiro atoms. The molecule has 2 N–H and O–H groups in total. The van der Waals surface area contributed by atoms with Gasteiger partial charge in [0.1, 0.15) is 0 Å². The second-order valence-corrected chi connectivity index (χ2v) is 3.30. The van der Waals surface area contributed by atoms with Gasteiger partial charge in [0, 0.05) is 12.8 Å². The second-order valence-electron chi connectivity index (χ2n) is 3.30. The molecule has 0 bridgehead atoms. The minimum Gasteiger partial charge on any atom is -0.394 e. The summed E-state index contributed by atoms with van der Waals surface area (Å²) in [6.07, 6.45) is 1.53. The Bertz CT molecular complexity index is 252. The van der Waals surface area contributed by atoms with Crippen LogP contribution in [0.1, 0.15) is 25.7 Å². The van der Waals surface area contributed by atoms with Crippen LogP contribution in [0.2, 0.25) is 0 Å². The van der Waals surface area contributed by atoms with E-state index in [-0.39, 0.29) is 13.2 Å². The number of nitrogens with zero attached hydrogens (tertiary/aromatic N) is 4. The average molecular weight is 224 g/mol. The highest BCUT2D eigenvalue weighted by atomic mass is 16.3. The third-order valence-corrected chi connectivity index (χ3v) is 1.99. The largest absolute Gasteiger partial charge is 0.394 e. The fourth-order valence-corrected chi connectivity index (χ4v) is 1.02. The lowest BCUT2D eigenvalue weighted by Gasteiger charge is -2.08. The summed E-state index contributed by atoms with van der Waals surface area (Å²) in [5.41, 5.74) is 0. The van der Waals surface area contributed by atoms with E-state index in [2.05, 4.69) is 10.2 Å². The molecule has 0 fully saturated rings. The highest BCUT2D eigenvalue weighted by Crippen LogP contribution is 2.06.